The topological polar surface area (TPSA) is 69.6 Å². The van der Waals surface area contributed by atoms with E-state index in [2.05, 4.69) is 5.32 Å². The monoisotopic (exact) mass is 310 g/mol. The Bertz CT molecular complexity index is 504. The molecule has 2 rings (SSSR count). The van der Waals surface area contributed by atoms with Gasteiger partial charge in [0.1, 0.15) is 0 Å². The van der Waals surface area contributed by atoms with Crippen molar-refractivity contribution in [1.29, 1.82) is 0 Å². The average molecular weight is 311 g/mol. The summed E-state index contributed by atoms with van der Waals surface area (Å²) in [7, 11) is 0. The van der Waals surface area contributed by atoms with E-state index in [4.69, 9.17) is 16.7 Å². The highest BCUT2D eigenvalue weighted by Gasteiger charge is 2.28. The third-order valence-electron chi connectivity index (χ3n) is 3.58. The van der Waals surface area contributed by atoms with Crippen molar-refractivity contribution < 1.29 is 14.7 Å². The van der Waals surface area contributed by atoms with E-state index in [1.54, 1.807) is 29.2 Å². The van der Waals surface area contributed by atoms with Crippen molar-refractivity contribution in [2.24, 2.45) is 5.92 Å². The molecule has 0 spiro atoms. The molecule has 0 radical (unpaired) electrons. The molecule has 5 nitrogen and oxygen atoms in total. The van der Waals surface area contributed by atoms with Crippen LogP contribution in [0.15, 0.2) is 24.3 Å². The molecule has 1 aliphatic rings. The quantitative estimate of drug-likeness (QED) is 0.881. The van der Waals surface area contributed by atoms with Gasteiger partial charge < -0.3 is 15.3 Å². The molecule has 1 aromatic carbocycles. The van der Waals surface area contributed by atoms with Gasteiger partial charge in [0.25, 0.3) is 5.91 Å². The Morgan fingerprint density at radius 2 is 2.05 bits per heavy atom. The number of rotatable bonds is 4. The predicted molar refractivity (Wildman–Crippen MR) is 80.2 cm³/mol. The van der Waals surface area contributed by atoms with Crippen LogP contribution in [0.4, 0.5) is 0 Å². The van der Waals surface area contributed by atoms with Crippen LogP contribution in [0.5, 0.6) is 0 Å². The van der Waals surface area contributed by atoms with Gasteiger partial charge in [0.15, 0.2) is 0 Å². The second-order valence-electron chi connectivity index (χ2n) is 5.11. The molecule has 2 N–H and O–H groups in total. The van der Waals surface area contributed by atoms with Gasteiger partial charge in [-0.3, -0.25) is 9.59 Å². The lowest BCUT2D eigenvalue weighted by molar-refractivity contribution is -0.126. The number of likely N-dealkylation sites (tertiary alicyclic amines) is 1. The van der Waals surface area contributed by atoms with Crippen LogP contribution >= 0.6 is 11.6 Å². The van der Waals surface area contributed by atoms with Crippen molar-refractivity contribution in [2.75, 3.05) is 26.2 Å². The van der Waals surface area contributed by atoms with Gasteiger partial charge in [-0.05, 0) is 37.1 Å². The van der Waals surface area contributed by atoms with Crippen LogP contribution in [0.3, 0.4) is 0 Å². The van der Waals surface area contributed by atoms with E-state index >= 15 is 0 Å². The zero-order valence-electron chi connectivity index (χ0n) is 11.7. The Labute approximate surface area is 128 Å². The van der Waals surface area contributed by atoms with Crippen molar-refractivity contribution in [3.63, 3.8) is 0 Å². The van der Waals surface area contributed by atoms with Gasteiger partial charge in [-0.15, -0.1) is 0 Å². The number of hydrogen-bond acceptors (Lipinski definition) is 3. The van der Waals surface area contributed by atoms with Crippen molar-refractivity contribution in [3.05, 3.63) is 34.9 Å². The van der Waals surface area contributed by atoms with E-state index in [1.165, 1.54) is 0 Å². The number of carbonyl (C=O) groups is 2. The van der Waals surface area contributed by atoms with Gasteiger partial charge in [-0.25, -0.2) is 0 Å². The molecule has 1 fully saturated rings. The molecule has 1 saturated heterocycles. The molecule has 2 amide bonds. The molecule has 114 valence electrons. The molecule has 0 aromatic heterocycles. The van der Waals surface area contributed by atoms with E-state index in [9.17, 15) is 9.59 Å². The van der Waals surface area contributed by atoms with Gasteiger partial charge in [-0.1, -0.05) is 11.6 Å². The van der Waals surface area contributed by atoms with Crippen molar-refractivity contribution in [2.45, 2.75) is 12.8 Å². The standard InChI is InChI=1S/C15H19ClN2O3/c16-13-5-3-11(4-6-13)15(21)18-8-1-2-12(10-18)14(20)17-7-9-19/h3-6,12,19H,1-2,7-10H2,(H,17,20). The normalized spacial score (nSPS) is 18.4. The molecular weight excluding hydrogens is 292 g/mol. The minimum atomic E-state index is -0.207. The van der Waals surface area contributed by atoms with E-state index < -0.39 is 0 Å². The fraction of sp³-hybridized carbons (Fsp3) is 0.467. The van der Waals surface area contributed by atoms with Crippen molar-refractivity contribution >= 4 is 23.4 Å². The SMILES string of the molecule is O=C(NCCO)C1CCCN(C(=O)c2ccc(Cl)cc2)C1. The number of nitrogens with one attached hydrogen (secondary N) is 1. The molecule has 1 aliphatic heterocycles. The Hall–Kier alpha value is -1.59. The third-order valence-corrected chi connectivity index (χ3v) is 3.83. The molecule has 6 heteroatoms. The minimum Gasteiger partial charge on any atom is -0.395 e. The lowest BCUT2D eigenvalue weighted by Gasteiger charge is -2.32. The van der Waals surface area contributed by atoms with Crippen LogP contribution in [0.2, 0.25) is 5.02 Å². The first-order chi connectivity index (χ1) is 10.1. The zero-order chi connectivity index (χ0) is 15.2. The van der Waals surface area contributed by atoms with Crippen molar-refractivity contribution in [1.82, 2.24) is 10.2 Å². The molecule has 1 atom stereocenters. The fourth-order valence-corrected chi connectivity index (χ4v) is 2.60. The van der Waals surface area contributed by atoms with Gasteiger partial charge in [0.05, 0.1) is 12.5 Å². The first kappa shape index (κ1) is 15.8. The Morgan fingerprint density at radius 3 is 2.71 bits per heavy atom. The number of nitrogens with zero attached hydrogens (tertiary/aromatic N) is 1. The molecular formula is C15H19ClN2O3. The summed E-state index contributed by atoms with van der Waals surface area (Å²) in [5, 5.41) is 12.0. The van der Waals surface area contributed by atoms with Crippen molar-refractivity contribution in [3.8, 4) is 0 Å². The summed E-state index contributed by atoms with van der Waals surface area (Å²) in [6.45, 7) is 1.25. The molecule has 1 aromatic rings. The van der Waals surface area contributed by atoms with Gasteiger partial charge in [-0.2, -0.15) is 0 Å². The largest absolute Gasteiger partial charge is 0.395 e. The molecule has 1 heterocycles. The summed E-state index contributed by atoms with van der Waals surface area (Å²) in [5.74, 6) is -0.384. The second kappa shape index (κ2) is 7.43. The first-order valence-electron chi connectivity index (χ1n) is 7.05. The number of halogens is 1. The Balaban J connectivity index is 1.98. The first-order valence-corrected chi connectivity index (χ1v) is 7.43. The summed E-state index contributed by atoms with van der Waals surface area (Å²) in [6.07, 6.45) is 1.57. The summed E-state index contributed by atoms with van der Waals surface area (Å²) in [6, 6.07) is 6.76. The van der Waals surface area contributed by atoms with Crippen LogP contribution in [-0.2, 0) is 4.79 Å². The fourth-order valence-electron chi connectivity index (χ4n) is 2.47. The van der Waals surface area contributed by atoms with E-state index in [1.807, 2.05) is 0 Å². The molecule has 0 saturated carbocycles. The highest BCUT2D eigenvalue weighted by atomic mass is 35.5. The van der Waals surface area contributed by atoms with Gasteiger partial charge in [0, 0.05) is 30.2 Å². The predicted octanol–water partition coefficient (Wildman–Crippen LogP) is 1.30. The maximum atomic E-state index is 12.4. The Kier molecular flexibility index (Phi) is 5.59. The van der Waals surface area contributed by atoms with Crippen LogP contribution in [0.25, 0.3) is 0 Å². The summed E-state index contributed by atoms with van der Waals surface area (Å²) < 4.78 is 0. The second-order valence-corrected chi connectivity index (χ2v) is 5.55. The number of aliphatic hydroxyl groups excluding tert-OH is 1. The Morgan fingerprint density at radius 1 is 1.33 bits per heavy atom. The van der Waals surface area contributed by atoms with Crippen LogP contribution in [0, 0.1) is 5.92 Å². The number of carbonyl (C=O) groups excluding carboxylic acids is 2. The number of amides is 2. The van der Waals surface area contributed by atoms with Crippen LogP contribution < -0.4 is 5.32 Å². The smallest absolute Gasteiger partial charge is 0.253 e. The number of benzene rings is 1. The molecule has 21 heavy (non-hydrogen) atoms. The van der Waals surface area contributed by atoms with Crippen LogP contribution in [-0.4, -0.2) is 48.1 Å². The zero-order valence-corrected chi connectivity index (χ0v) is 12.5. The number of piperidine rings is 1. The summed E-state index contributed by atoms with van der Waals surface area (Å²) >= 11 is 5.82. The maximum Gasteiger partial charge on any atom is 0.253 e. The summed E-state index contributed by atoms with van der Waals surface area (Å²) in [4.78, 5) is 26.0. The summed E-state index contributed by atoms with van der Waals surface area (Å²) in [5.41, 5.74) is 0.579. The van der Waals surface area contributed by atoms with E-state index in [0.717, 1.165) is 12.8 Å². The van der Waals surface area contributed by atoms with Crippen LogP contribution in [0.1, 0.15) is 23.2 Å². The maximum absolute atomic E-state index is 12.4. The minimum absolute atomic E-state index is 0.0775. The lowest BCUT2D eigenvalue weighted by Crippen LogP contribution is -2.45. The average Bonchev–Trinajstić information content (AvgIpc) is 2.52. The van der Waals surface area contributed by atoms with Gasteiger partial charge in [0.2, 0.25) is 5.91 Å². The highest BCUT2D eigenvalue weighted by Crippen LogP contribution is 2.19. The van der Waals surface area contributed by atoms with Gasteiger partial charge >= 0.3 is 0 Å². The number of hydrogen-bond donors (Lipinski definition) is 2. The third kappa shape index (κ3) is 4.19. The van der Waals surface area contributed by atoms with E-state index in [-0.39, 0.29) is 30.9 Å². The highest BCUT2D eigenvalue weighted by molar-refractivity contribution is 6.30. The molecule has 1 unspecified atom stereocenters. The lowest BCUT2D eigenvalue weighted by atomic mass is 9.96. The van der Waals surface area contributed by atoms with E-state index in [0.29, 0.717) is 23.7 Å². The number of aliphatic hydroxyl groups is 1. The molecule has 0 aliphatic carbocycles. The molecule has 0 bridgehead atoms.